The summed E-state index contributed by atoms with van der Waals surface area (Å²) in [5.74, 6) is 1.74. The number of rotatable bonds is 3. The maximum atomic E-state index is 4.85. The van der Waals surface area contributed by atoms with Gasteiger partial charge < -0.3 is 9.80 Å². The zero-order chi connectivity index (χ0) is 17.2. The highest BCUT2D eigenvalue weighted by Gasteiger charge is 2.19. The molecule has 0 saturated carbocycles. The van der Waals surface area contributed by atoms with Crippen LogP contribution in [0.4, 0.5) is 17.5 Å². The van der Waals surface area contributed by atoms with Crippen LogP contribution < -0.4 is 9.80 Å². The average Bonchev–Trinajstić information content (AvgIpc) is 2.67. The Balaban J connectivity index is 1.64. The predicted molar refractivity (Wildman–Crippen MR) is 102 cm³/mol. The lowest BCUT2D eigenvalue weighted by atomic mass is 10.00. The van der Waals surface area contributed by atoms with Gasteiger partial charge in [0.25, 0.3) is 0 Å². The standard InChI is InChI=1S/C21H22N4/c1-16-14-20(25-13-12-17-8-6-7-9-18(17)15-25)23-21(22-16)24(2)19-10-4-3-5-11-19/h3-11,14H,12-13,15H2,1-2H3. The van der Waals surface area contributed by atoms with Gasteiger partial charge in [0, 0.05) is 37.6 Å². The monoisotopic (exact) mass is 330 g/mol. The molecule has 0 aliphatic carbocycles. The number of aryl methyl sites for hydroxylation is 1. The van der Waals surface area contributed by atoms with Crippen LogP contribution in [-0.2, 0) is 13.0 Å². The van der Waals surface area contributed by atoms with Crippen molar-refractivity contribution in [3.8, 4) is 0 Å². The second-order valence-electron chi connectivity index (χ2n) is 6.50. The fourth-order valence-electron chi connectivity index (χ4n) is 3.31. The Kier molecular flexibility index (Phi) is 4.10. The van der Waals surface area contributed by atoms with Crippen molar-refractivity contribution in [1.82, 2.24) is 9.97 Å². The maximum Gasteiger partial charge on any atom is 0.231 e. The van der Waals surface area contributed by atoms with Gasteiger partial charge in [-0.15, -0.1) is 0 Å². The van der Waals surface area contributed by atoms with Gasteiger partial charge in [0.2, 0.25) is 5.95 Å². The molecule has 1 aliphatic heterocycles. The molecule has 0 amide bonds. The van der Waals surface area contributed by atoms with Crippen molar-refractivity contribution in [2.75, 3.05) is 23.4 Å². The van der Waals surface area contributed by atoms with Gasteiger partial charge >= 0.3 is 0 Å². The van der Waals surface area contributed by atoms with Gasteiger partial charge in [-0.05, 0) is 36.6 Å². The van der Waals surface area contributed by atoms with Crippen molar-refractivity contribution in [2.45, 2.75) is 19.9 Å². The van der Waals surface area contributed by atoms with Crippen LogP contribution in [0.25, 0.3) is 0 Å². The summed E-state index contributed by atoms with van der Waals surface area (Å²) in [4.78, 5) is 13.9. The summed E-state index contributed by atoms with van der Waals surface area (Å²) >= 11 is 0. The van der Waals surface area contributed by atoms with Gasteiger partial charge in [0.1, 0.15) is 5.82 Å². The lowest BCUT2D eigenvalue weighted by molar-refractivity contribution is 0.718. The molecule has 0 atom stereocenters. The molecule has 1 aromatic heterocycles. The Bertz CT molecular complexity index is 876. The van der Waals surface area contributed by atoms with Crippen LogP contribution in [0.1, 0.15) is 16.8 Å². The topological polar surface area (TPSA) is 32.3 Å². The largest absolute Gasteiger partial charge is 0.352 e. The molecular formula is C21H22N4. The third-order valence-electron chi connectivity index (χ3n) is 4.73. The van der Waals surface area contributed by atoms with Crippen LogP contribution in [-0.4, -0.2) is 23.6 Å². The zero-order valence-electron chi connectivity index (χ0n) is 14.7. The Morgan fingerprint density at radius 1 is 0.920 bits per heavy atom. The first kappa shape index (κ1) is 15.6. The molecular weight excluding hydrogens is 308 g/mol. The fourth-order valence-corrected chi connectivity index (χ4v) is 3.31. The van der Waals surface area contributed by atoms with Crippen LogP contribution in [0.3, 0.4) is 0 Å². The molecule has 0 saturated heterocycles. The third-order valence-corrected chi connectivity index (χ3v) is 4.73. The predicted octanol–water partition coefficient (Wildman–Crippen LogP) is 4.12. The van der Waals surface area contributed by atoms with Gasteiger partial charge in [-0.1, -0.05) is 42.5 Å². The van der Waals surface area contributed by atoms with Crippen LogP contribution in [0.2, 0.25) is 0 Å². The van der Waals surface area contributed by atoms with E-state index in [0.29, 0.717) is 0 Å². The summed E-state index contributed by atoms with van der Waals surface area (Å²) < 4.78 is 0. The molecule has 2 heterocycles. The van der Waals surface area contributed by atoms with Crippen molar-refractivity contribution in [1.29, 1.82) is 0 Å². The van der Waals surface area contributed by atoms with Gasteiger partial charge in [0.15, 0.2) is 0 Å². The highest BCUT2D eigenvalue weighted by atomic mass is 15.3. The second kappa shape index (κ2) is 6.55. The number of hydrogen-bond donors (Lipinski definition) is 0. The molecule has 0 fully saturated rings. The molecule has 3 aromatic rings. The highest BCUT2D eigenvalue weighted by Crippen LogP contribution is 2.26. The Hall–Kier alpha value is -2.88. The second-order valence-corrected chi connectivity index (χ2v) is 6.50. The first-order valence-electron chi connectivity index (χ1n) is 8.67. The van der Waals surface area contributed by atoms with Crippen molar-refractivity contribution in [3.63, 3.8) is 0 Å². The Morgan fingerprint density at radius 2 is 1.64 bits per heavy atom. The van der Waals surface area contributed by atoms with Crippen molar-refractivity contribution in [2.24, 2.45) is 0 Å². The van der Waals surface area contributed by atoms with E-state index in [9.17, 15) is 0 Å². The fraction of sp³-hybridized carbons (Fsp3) is 0.238. The molecule has 4 heteroatoms. The van der Waals surface area contributed by atoms with E-state index in [0.717, 1.165) is 42.7 Å². The van der Waals surface area contributed by atoms with Crippen LogP contribution in [0.5, 0.6) is 0 Å². The van der Waals surface area contributed by atoms with Crippen LogP contribution in [0, 0.1) is 6.92 Å². The molecule has 0 bridgehead atoms. The molecule has 25 heavy (non-hydrogen) atoms. The molecule has 0 N–H and O–H groups in total. The van der Waals surface area contributed by atoms with Crippen LogP contribution >= 0.6 is 0 Å². The van der Waals surface area contributed by atoms with Gasteiger partial charge in [-0.3, -0.25) is 0 Å². The van der Waals surface area contributed by atoms with E-state index in [1.54, 1.807) is 0 Å². The maximum absolute atomic E-state index is 4.85. The smallest absolute Gasteiger partial charge is 0.231 e. The minimum absolute atomic E-state index is 0.736. The number of aromatic nitrogens is 2. The molecule has 2 aromatic carbocycles. The van der Waals surface area contributed by atoms with E-state index < -0.39 is 0 Å². The Labute approximate surface area is 148 Å². The molecule has 0 unspecified atom stereocenters. The molecule has 126 valence electrons. The number of para-hydroxylation sites is 1. The van der Waals surface area contributed by atoms with Crippen LogP contribution in [0.15, 0.2) is 60.7 Å². The van der Waals surface area contributed by atoms with Gasteiger partial charge in [-0.2, -0.15) is 4.98 Å². The minimum atomic E-state index is 0.736. The molecule has 1 aliphatic rings. The van der Waals surface area contributed by atoms with Crippen molar-refractivity contribution in [3.05, 3.63) is 77.5 Å². The average molecular weight is 330 g/mol. The first-order chi connectivity index (χ1) is 12.2. The number of fused-ring (bicyclic) bond motifs is 1. The highest BCUT2D eigenvalue weighted by molar-refractivity contribution is 5.58. The molecule has 0 spiro atoms. The third kappa shape index (κ3) is 3.20. The normalized spacial score (nSPS) is 13.4. The number of benzene rings is 2. The molecule has 4 nitrogen and oxygen atoms in total. The summed E-state index contributed by atoms with van der Waals surface area (Å²) in [5, 5.41) is 0. The molecule has 4 rings (SSSR count). The van der Waals surface area contributed by atoms with E-state index in [1.807, 2.05) is 37.1 Å². The summed E-state index contributed by atoms with van der Waals surface area (Å²) in [6.07, 6.45) is 1.06. The van der Waals surface area contributed by atoms with E-state index in [4.69, 9.17) is 4.98 Å². The summed E-state index contributed by atoms with van der Waals surface area (Å²) in [7, 11) is 2.01. The lowest BCUT2D eigenvalue weighted by Gasteiger charge is -2.30. The van der Waals surface area contributed by atoms with E-state index >= 15 is 0 Å². The molecule has 0 radical (unpaired) electrons. The quantitative estimate of drug-likeness (QED) is 0.723. The van der Waals surface area contributed by atoms with Crippen molar-refractivity contribution < 1.29 is 0 Å². The summed E-state index contributed by atoms with van der Waals surface area (Å²) in [5.41, 5.74) is 4.92. The number of anilines is 3. The van der Waals surface area contributed by atoms with E-state index in [1.165, 1.54) is 11.1 Å². The first-order valence-corrected chi connectivity index (χ1v) is 8.67. The number of nitrogens with zero attached hydrogens (tertiary/aromatic N) is 4. The summed E-state index contributed by atoms with van der Waals surface area (Å²) in [6, 6.07) is 21.0. The summed E-state index contributed by atoms with van der Waals surface area (Å²) in [6.45, 7) is 3.93. The zero-order valence-corrected chi connectivity index (χ0v) is 14.7. The van der Waals surface area contributed by atoms with E-state index in [-0.39, 0.29) is 0 Å². The lowest BCUT2D eigenvalue weighted by Crippen LogP contribution is -2.31. The van der Waals surface area contributed by atoms with Gasteiger partial charge in [0.05, 0.1) is 0 Å². The number of hydrogen-bond acceptors (Lipinski definition) is 4. The van der Waals surface area contributed by atoms with Gasteiger partial charge in [-0.25, -0.2) is 4.98 Å². The minimum Gasteiger partial charge on any atom is -0.352 e. The van der Waals surface area contributed by atoms with E-state index in [2.05, 4.69) is 52.3 Å². The SMILES string of the molecule is Cc1cc(N2CCc3ccccc3C2)nc(N(C)c2ccccc2)n1. The van der Waals surface area contributed by atoms with Crippen molar-refractivity contribution >= 4 is 17.5 Å². The Morgan fingerprint density at radius 3 is 2.44 bits per heavy atom.